The molecular formula is C15H30. The third-order valence-electron chi connectivity index (χ3n) is 4.93. The van der Waals surface area contributed by atoms with Crippen molar-refractivity contribution in [2.75, 3.05) is 0 Å². The molecule has 0 aliphatic heterocycles. The van der Waals surface area contributed by atoms with E-state index < -0.39 is 0 Å². The van der Waals surface area contributed by atoms with Gasteiger partial charge in [0, 0.05) is 0 Å². The monoisotopic (exact) mass is 210 g/mol. The molecule has 0 aromatic heterocycles. The van der Waals surface area contributed by atoms with Crippen LogP contribution in [0.1, 0.15) is 66.7 Å². The summed E-state index contributed by atoms with van der Waals surface area (Å²) in [5.41, 5.74) is 0. The number of rotatable bonds is 7. The lowest BCUT2D eigenvalue weighted by Crippen LogP contribution is -2.09. The molecule has 0 aromatic carbocycles. The van der Waals surface area contributed by atoms with Gasteiger partial charge in [-0.3, -0.25) is 0 Å². The van der Waals surface area contributed by atoms with Crippen LogP contribution in [0.2, 0.25) is 0 Å². The molecule has 1 aliphatic carbocycles. The first-order chi connectivity index (χ1) is 7.10. The van der Waals surface area contributed by atoms with Crippen LogP contribution in [0.15, 0.2) is 0 Å². The normalized spacial score (nSPS) is 31.0. The van der Waals surface area contributed by atoms with E-state index >= 15 is 0 Å². The molecule has 5 atom stereocenters. The molecule has 0 bridgehead atoms. The molecule has 1 saturated carbocycles. The number of hydrogen-bond acceptors (Lipinski definition) is 0. The van der Waals surface area contributed by atoms with E-state index in [1.807, 2.05) is 0 Å². The van der Waals surface area contributed by atoms with E-state index in [-0.39, 0.29) is 0 Å². The third-order valence-corrected chi connectivity index (χ3v) is 4.93. The van der Waals surface area contributed by atoms with E-state index in [0.29, 0.717) is 0 Å². The van der Waals surface area contributed by atoms with E-state index in [2.05, 4.69) is 34.6 Å². The smallest absolute Gasteiger partial charge is 0.0357 e. The summed E-state index contributed by atoms with van der Waals surface area (Å²) in [7, 11) is 0. The minimum Gasteiger partial charge on any atom is -0.0651 e. The highest BCUT2D eigenvalue weighted by atomic mass is 14.4. The summed E-state index contributed by atoms with van der Waals surface area (Å²) in [5, 5.41) is 0. The maximum atomic E-state index is 2.48. The highest BCUT2D eigenvalue weighted by Gasteiger charge is 2.38. The largest absolute Gasteiger partial charge is 0.0651 e. The topological polar surface area (TPSA) is 0 Å². The summed E-state index contributed by atoms with van der Waals surface area (Å²) in [6, 6.07) is 0. The van der Waals surface area contributed by atoms with E-state index in [9.17, 15) is 0 Å². The van der Waals surface area contributed by atoms with Gasteiger partial charge < -0.3 is 0 Å². The van der Waals surface area contributed by atoms with Crippen LogP contribution in [0.25, 0.3) is 0 Å². The lowest BCUT2D eigenvalue weighted by atomic mass is 9.86. The van der Waals surface area contributed by atoms with Crippen molar-refractivity contribution in [3.63, 3.8) is 0 Å². The first-order valence-electron chi connectivity index (χ1n) is 7.10. The Balaban J connectivity index is 2.14. The van der Waals surface area contributed by atoms with Gasteiger partial charge >= 0.3 is 0 Å². The molecule has 0 saturated heterocycles. The van der Waals surface area contributed by atoms with E-state index in [4.69, 9.17) is 0 Å². The average Bonchev–Trinajstić information content (AvgIpc) is 3.03. The molecule has 1 aliphatic rings. The summed E-state index contributed by atoms with van der Waals surface area (Å²) in [5.74, 6) is 4.99. The molecule has 90 valence electrons. The van der Waals surface area contributed by atoms with Crippen LogP contribution >= 0.6 is 0 Å². The summed E-state index contributed by atoms with van der Waals surface area (Å²) in [6.45, 7) is 12.0. The summed E-state index contributed by atoms with van der Waals surface area (Å²) < 4.78 is 0. The molecule has 0 aromatic rings. The first kappa shape index (κ1) is 13.1. The molecule has 0 heterocycles. The minimum atomic E-state index is 0.915. The molecule has 0 nitrogen and oxygen atoms in total. The summed E-state index contributed by atoms with van der Waals surface area (Å²) in [4.78, 5) is 0. The van der Waals surface area contributed by atoms with Crippen LogP contribution in [0, 0.1) is 29.6 Å². The quantitative estimate of drug-likeness (QED) is 0.546. The van der Waals surface area contributed by atoms with Gasteiger partial charge in [-0.1, -0.05) is 60.3 Å². The summed E-state index contributed by atoms with van der Waals surface area (Å²) >= 11 is 0. The minimum absolute atomic E-state index is 0.915. The molecule has 0 N–H and O–H groups in total. The Morgan fingerprint density at radius 2 is 1.67 bits per heavy atom. The fourth-order valence-corrected chi connectivity index (χ4v) is 2.86. The highest BCUT2D eigenvalue weighted by Crippen LogP contribution is 2.48. The maximum Gasteiger partial charge on any atom is -0.0357 e. The standard InChI is InChI=1S/C15H30/c1-6-11(3)12(4)8-9-13(5)15-10-14(15)7-2/h11-15H,6-10H2,1-5H3. The van der Waals surface area contributed by atoms with Crippen molar-refractivity contribution in [1.29, 1.82) is 0 Å². The summed E-state index contributed by atoms with van der Waals surface area (Å²) in [6.07, 6.45) is 7.19. The molecule has 0 spiro atoms. The fourth-order valence-electron chi connectivity index (χ4n) is 2.86. The molecule has 0 radical (unpaired) electrons. The van der Waals surface area contributed by atoms with Gasteiger partial charge in [0.1, 0.15) is 0 Å². The van der Waals surface area contributed by atoms with Crippen molar-refractivity contribution < 1.29 is 0 Å². The molecule has 5 unspecified atom stereocenters. The van der Waals surface area contributed by atoms with Crippen LogP contribution in [0.5, 0.6) is 0 Å². The van der Waals surface area contributed by atoms with Crippen LogP contribution < -0.4 is 0 Å². The van der Waals surface area contributed by atoms with Crippen LogP contribution in [-0.4, -0.2) is 0 Å². The second-order valence-electron chi connectivity index (χ2n) is 5.99. The average molecular weight is 210 g/mol. The van der Waals surface area contributed by atoms with Gasteiger partial charge in [0.05, 0.1) is 0 Å². The fraction of sp³-hybridized carbons (Fsp3) is 1.00. The zero-order valence-electron chi connectivity index (χ0n) is 11.4. The predicted octanol–water partition coefficient (Wildman–Crippen LogP) is 5.13. The Morgan fingerprint density at radius 1 is 1.00 bits per heavy atom. The van der Waals surface area contributed by atoms with Gasteiger partial charge in [-0.25, -0.2) is 0 Å². The van der Waals surface area contributed by atoms with E-state index in [1.54, 1.807) is 0 Å². The lowest BCUT2D eigenvalue weighted by Gasteiger charge is -2.20. The molecule has 15 heavy (non-hydrogen) atoms. The van der Waals surface area contributed by atoms with Gasteiger partial charge in [0.15, 0.2) is 0 Å². The Hall–Kier alpha value is 0. The Morgan fingerprint density at radius 3 is 2.13 bits per heavy atom. The van der Waals surface area contributed by atoms with Gasteiger partial charge in [0.2, 0.25) is 0 Å². The molecule has 1 fully saturated rings. The maximum absolute atomic E-state index is 2.48. The van der Waals surface area contributed by atoms with Gasteiger partial charge in [-0.15, -0.1) is 0 Å². The highest BCUT2D eigenvalue weighted by molar-refractivity contribution is 4.88. The lowest BCUT2D eigenvalue weighted by molar-refractivity contribution is 0.309. The van der Waals surface area contributed by atoms with E-state index in [0.717, 1.165) is 29.6 Å². The molecule has 0 heteroatoms. The van der Waals surface area contributed by atoms with Gasteiger partial charge in [0.25, 0.3) is 0 Å². The predicted molar refractivity (Wildman–Crippen MR) is 68.9 cm³/mol. The molecule has 1 rings (SSSR count). The Labute approximate surface area is 96.8 Å². The number of hydrogen-bond donors (Lipinski definition) is 0. The van der Waals surface area contributed by atoms with Crippen molar-refractivity contribution in [3.8, 4) is 0 Å². The molecular weight excluding hydrogens is 180 g/mol. The van der Waals surface area contributed by atoms with E-state index in [1.165, 1.54) is 32.1 Å². The SMILES string of the molecule is CCC(C)C(C)CCC(C)C1CC1CC. The van der Waals surface area contributed by atoms with Crippen LogP contribution in [0.4, 0.5) is 0 Å². The third kappa shape index (κ3) is 3.81. The zero-order chi connectivity index (χ0) is 11.4. The second kappa shape index (κ2) is 5.92. The van der Waals surface area contributed by atoms with Crippen LogP contribution in [-0.2, 0) is 0 Å². The van der Waals surface area contributed by atoms with Crippen molar-refractivity contribution in [1.82, 2.24) is 0 Å². The Bertz CT molecular complexity index is 173. The molecule has 0 amide bonds. The first-order valence-corrected chi connectivity index (χ1v) is 7.10. The van der Waals surface area contributed by atoms with Gasteiger partial charge in [-0.2, -0.15) is 0 Å². The zero-order valence-corrected chi connectivity index (χ0v) is 11.4. The van der Waals surface area contributed by atoms with Crippen molar-refractivity contribution in [2.24, 2.45) is 29.6 Å². The van der Waals surface area contributed by atoms with Crippen molar-refractivity contribution in [2.45, 2.75) is 66.7 Å². The van der Waals surface area contributed by atoms with Crippen LogP contribution in [0.3, 0.4) is 0 Å². The second-order valence-corrected chi connectivity index (χ2v) is 5.99. The van der Waals surface area contributed by atoms with Gasteiger partial charge in [-0.05, 0) is 36.0 Å². The van der Waals surface area contributed by atoms with Crippen molar-refractivity contribution >= 4 is 0 Å². The van der Waals surface area contributed by atoms with Crippen molar-refractivity contribution in [3.05, 3.63) is 0 Å². The Kier molecular flexibility index (Phi) is 5.15.